The van der Waals surface area contributed by atoms with Crippen molar-refractivity contribution in [3.05, 3.63) is 65.4 Å². The number of nitrogens with one attached hydrogen (secondary N) is 3. The Morgan fingerprint density at radius 1 is 1.15 bits per heavy atom. The lowest BCUT2D eigenvalue weighted by Crippen LogP contribution is -2.45. The SMILES string of the molecule is COc1ccccc1NC(=O)C1=C(C)NC(=O)NC1c1ccc(SC)cc1. The first kappa shape index (κ1) is 18.8. The lowest BCUT2D eigenvalue weighted by atomic mass is 9.95. The Labute approximate surface area is 162 Å². The van der Waals surface area contributed by atoms with E-state index in [0.717, 1.165) is 10.5 Å². The highest BCUT2D eigenvalue weighted by molar-refractivity contribution is 7.98. The van der Waals surface area contributed by atoms with Crippen molar-refractivity contribution in [2.75, 3.05) is 18.7 Å². The van der Waals surface area contributed by atoms with Gasteiger partial charge in [0.2, 0.25) is 0 Å². The number of hydrogen-bond acceptors (Lipinski definition) is 4. The maximum absolute atomic E-state index is 13.0. The van der Waals surface area contributed by atoms with Crippen molar-refractivity contribution in [2.45, 2.75) is 17.9 Å². The summed E-state index contributed by atoms with van der Waals surface area (Å²) in [6.45, 7) is 1.72. The molecule has 0 fully saturated rings. The van der Waals surface area contributed by atoms with E-state index in [4.69, 9.17) is 4.74 Å². The Bertz CT molecular complexity index is 894. The number of ether oxygens (including phenoxy) is 1. The monoisotopic (exact) mass is 383 g/mol. The predicted molar refractivity (Wildman–Crippen MR) is 107 cm³/mol. The van der Waals surface area contributed by atoms with E-state index in [2.05, 4.69) is 16.0 Å². The first-order valence-electron chi connectivity index (χ1n) is 8.40. The van der Waals surface area contributed by atoms with Gasteiger partial charge in [-0.05, 0) is 43.0 Å². The van der Waals surface area contributed by atoms with Crippen molar-refractivity contribution >= 4 is 29.4 Å². The highest BCUT2D eigenvalue weighted by Crippen LogP contribution is 2.30. The van der Waals surface area contributed by atoms with Crippen LogP contribution in [0, 0.1) is 0 Å². The van der Waals surface area contributed by atoms with Gasteiger partial charge in [0.15, 0.2) is 0 Å². The number of carbonyl (C=O) groups is 2. The first-order valence-corrected chi connectivity index (χ1v) is 9.62. The number of allylic oxidation sites excluding steroid dienone is 1. The fourth-order valence-corrected chi connectivity index (χ4v) is 3.39. The first-order chi connectivity index (χ1) is 13.0. The fourth-order valence-electron chi connectivity index (χ4n) is 2.98. The van der Waals surface area contributed by atoms with Crippen LogP contribution in [0.5, 0.6) is 5.75 Å². The molecule has 1 aliphatic heterocycles. The number of amides is 3. The van der Waals surface area contributed by atoms with Crippen molar-refractivity contribution < 1.29 is 14.3 Å². The van der Waals surface area contributed by atoms with Crippen LogP contribution in [0.1, 0.15) is 18.5 Å². The molecule has 0 saturated heterocycles. The molecule has 6 nitrogen and oxygen atoms in total. The van der Waals surface area contributed by atoms with Gasteiger partial charge in [0.25, 0.3) is 5.91 Å². The summed E-state index contributed by atoms with van der Waals surface area (Å²) in [5, 5.41) is 8.40. The number of benzene rings is 2. The van der Waals surface area contributed by atoms with Crippen molar-refractivity contribution in [1.82, 2.24) is 10.6 Å². The molecule has 140 valence electrons. The average molecular weight is 383 g/mol. The van der Waals surface area contributed by atoms with Gasteiger partial charge in [-0.1, -0.05) is 24.3 Å². The van der Waals surface area contributed by atoms with Crippen LogP contribution >= 0.6 is 11.8 Å². The lowest BCUT2D eigenvalue weighted by Gasteiger charge is -2.29. The molecule has 1 unspecified atom stereocenters. The third-order valence-corrected chi connectivity index (χ3v) is 5.06. The molecule has 0 aromatic heterocycles. The molecular weight excluding hydrogens is 362 g/mol. The number of rotatable bonds is 5. The molecule has 0 saturated carbocycles. The zero-order valence-electron chi connectivity index (χ0n) is 15.3. The molecule has 0 aliphatic carbocycles. The molecule has 3 amide bonds. The van der Waals surface area contributed by atoms with Crippen LogP contribution in [0.15, 0.2) is 64.7 Å². The molecule has 1 aliphatic rings. The topological polar surface area (TPSA) is 79.5 Å². The largest absolute Gasteiger partial charge is 0.495 e. The smallest absolute Gasteiger partial charge is 0.319 e. The molecule has 0 bridgehead atoms. The summed E-state index contributed by atoms with van der Waals surface area (Å²) in [5.41, 5.74) is 2.38. The molecule has 3 rings (SSSR count). The maximum atomic E-state index is 13.0. The summed E-state index contributed by atoms with van der Waals surface area (Å²) in [5.74, 6) is 0.265. The van der Waals surface area contributed by atoms with Crippen LogP contribution in [0.4, 0.5) is 10.5 Å². The lowest BCUT2D eigenvalue weighted by molar-refractivity contribution is -0.113. The predicted octanol–water partition coefficient (Wildman–Crippen LogP) is 3.68. The van der Waals surface area contributed by atoms with E-state index < -0.39 is 6.04 Å². The van der Waals surface area contributed by atoms with Crippen molar-refractivity contribution in [1.29, 1.82) is 0 Å². The zero-order chi connectivity index (χ0) is 19.4. The number of thioether (sulfide) groups is 1. The summed E-state index contributed by atoms with van der Waals surface area (Å²) in [6.07, 6.45) is 2.00. The number of urea groups is 1. The highest BCUT2D eigenvalue weighted by Gasteiger charge is 2.31. The maximum Gasteiger partial charge on any atom is 0.319 e. The van der Waals surface area contributed by atoms with Gasteiger partial charge >= 0.3 is 6.03 Å². The Hall–Kier alpha value is -2.93. The summed E-state index contributed by atoms with van der Waals surface area (Å²) < 4.78 is 5.30. The fraction of sp³-hybridized carbons (Fsp3) is 0.200. The van der Waals surface area contributed by atoms with E-state index in [-0.39, 0.29) is 11.9 Å². The minimum atomic E-state index is -0.538. The van der Waals surface area contributed by atoms with Gasteiger partial charge in [-0.3, -0.25) is 4.79 Å². The van der Waals surface area contributed by atoms with Crippen LogP contribution < -0.4 is 20.7 Å². The van der Waals surface area contributed by atoms with Gasteiger partial charge < -0.3 is 20.7 Å². The van der Waals surface area contributed by atoms with Crippen LogP contribution in [-0.2, 0) is 4.79 Å². The minimum absolute atomic E-state index is 0.302. The number of para-hydroxylation sites is 2. The van der Waals surface area contributed by atoms with Crippen LogP contribution in [-0.4, -0.2) is 25.3 Å². The van der Waals surface area contributed by atoms with Crippen LogP contribution in [0.2, 0.25) is 0 Å². The number of anilines is 1. The zero-order valence-corrected chi connectivity index (χ0v) is 16.1. The van der Waals surface area contributed by atoms with E-state index in [9.17, 15) is 9.59 Å². The van der Waals surface area contributed by atoms with Gasteiger partial charge in [-0.15, -0.1) is 11.8 Å². The molecule has 7 heteroatoms. The second-order valence-corrected chi connectivity index (χ2v) is 6.88. The van der Waals surface area contributed by atoms with Crippen LogP contribution in [0.25, 0.3) is 0 Å². The third-order valence-electron chi connectivity index (χ3n) is 4.32. The third kappa shape index (κ3) is 4.09. The normalized spacial score (nSPS) is 16.4. The van der Waals surface area contributed by atoms with E-state index in [0.29, 0.717) is 22.7 Å². The second kappa shape index (κ2) is 8.18. The molecule has 0 spiro atoms. The standard InChI is InChI=1S/C20H21N3O3S/c1-12-17(19(24)22-15-6-4-5-7-16(15)26-2)18(23-20(25)21-12)13-8-10-14(27-3)11-9-13/h4-11,18H,1-3H3,(H,22,24)(H2,21,23,25). The Morgan fingerprint density at radius 2 is 1.85 bits per heavy atom. The highest BCUT2D eigenvalue weighted by atomic mass is 32.2. The van der Waals surface area contributed by atoms with E-state index >= 15 is 0 Å². The summed E-state index contributed by atoms with van der Waals surface area (Å²) in [6, 6.07) is 14.1. The van der Waals surface area contributed by atoms with Gasteiger partial charge in [0.05, 0.1) is 24.4 Å². The van der Waals surface area contributed by atoms with Gasteiger partial charge in [-0.2, -0.15) is 0 Å². The Balaban J connectivity index is 1.94. The Morgan fingerprint density at radius 3 is 2.52 bits per heavy atom. The molecule has 27 heavy (non-hydrogen) atoms. The summed E-state index contributed by atoms with van der Waals surface area (Å²) in [7, 11) is 1.55. The molecule has 2 aromatic carbocycles. The number of methoxy groups -OCH3 is 1. The van der Waals surface area contributed by atoms with Gasteiger partial charge in [0.1, 0.15) is 5.75 Å². The van der Waals surface area contributed by atoms with Crippen molar-refractivity contribution in [3.63, 3.8) is 0 Å². The molecular formula is C20H21N3O3S. The molecule has 1 heterocycles. The van der Waals surface area contributed by atoms with Gasteiger partial charge in [0, 0.05) is 10.6 Å². The quantitative estimate of drug-likeness (QED) is 0.688. The van der Waals surface area contributed by atoms with E-state index in [1.807, 2.05) is 42.7 Å². The second-order valence-electron chi connectivity index (χ2n) is 6.00. The van der Waals surface area contributed by atoms with E-state index in [1.54, 1.807) is 37.9 Å². The van der Waals surface area contributed by atoms with E-state index in [1.165, 1.54) is 0 Å². The molecule has 1 atom stereocenters. The average Bonchev–Trinajstić information content (AvgIpc) is 2.67. The number of hydrogen-bond donors (Lipinski definition) is 3. The minimum Gasteiger partial charge on any atom is -0.495 e. The van der Waals surface area contributed by atoms with Crippen LogP contribution in [0.3, 0.4) is 0 Å². The molecule has 0 radical (unpaired) electrons. The Kier molecular flexibility index (Phi) is 5.71. The summed E-state index contributed by atoms with van der Waals surface area (Å²) in [4.78, 5) is 26.1. The number of carbonyl (C=O) groups excluding carboxylic acids is 2. The van der Waals surface area contributed by atoms with Crippen molar-refractivity contribution in [2.24, 2.45) is 0 Å². The molecule has 3 N–H and O–H groups in total. The summed E-state index contributed by atoms with van der Waals surface area (Å²) >= 11 is 1.63. The van der Waals surface area contributed by atoms with Crippen molar-refractivity contribution in [3.8, 4) is 5.75 Å². The molecule has 2 aromatic rings. The van der Waals surface area contributed by atoms with Gasteiger partial charge in [-0.25, -0.2) is 4.79 Å².